The monoisotopic (exact) mass is 589 g/mol. The van der Waals surface area contributed by atoms with Crippen molar-refractivity contribution in [1.82, 2.24) is 5.32 Å². The second-order valence-corrected chi connectivity index (χ2v) is 9.40. The molecule has 1 heterocycles. The number of ether oxygens (including phenoxy) is 2. The molecule has 0 bridgehead atoms. The van der Waals surface area contributed by atoms with E-state index in [0.29, 0.717) is 27.0 Å². The minimum absolute atomic E-state index is 0.0261. The molecular formula is C26H18Cl3N3O5S. The Morgan fingerprint density at radius 1 is 1.03 bits per heavy atom. The van der Waals surface area contributed by atoms with Crippen molar-refractivity contribution in [3.63, 3.8) is 0 Å². The minimum Gasteiger partial charge on any atom is -0.493 e. The lowest BCUT2D eigenvalue weighted by Crippen LogP contribution is -2.54. The van der Waals surface area contributed by atoms with Crippen LogP contribution in [0.15, 0.2) is 66.2 Å². The van der Waals surface area contributed by atoms with Crippen LogP contribution in [0.3, 0.4) is 0 Å². The Morgan fingerprint density at radius 2 is 1.76 bits per heavy atom. The Bertz CT molecular complexity index is 1480. The molecular weight excluding hydrogens is 573 g/mol. The lowest BCUT2D eigenvalue weighted by molar-refractivity contribution is -0.122. The van der Waals surface area contributed by atoms with E-state index in [9.17, 15) is 14.4 Å². The lowest BCUT2D eigenvalue weighted by Gasteiger charge is -2.28. The Balaban J connectivity index is 1.54. The first-order chi connectivity index (χ1) is 18.2. The van der Waals surface area contributed by atoms with E-state index in [0.717, 1.165) is 0 Å². The highest BCUT2D eigenvalue weighted by Gasteiger charge is 2.34. The number of thiocarbonyl (C=S) groups is 1. The van der Waals surface area contributed by atoms with Crippen molar-refractivity contribution in [2.45, 2.75) is 0 Å². The number of benzene rings is 3. The molecule has 1 fully saturated rings. The Hall–Kier alpha value is -3.63. The number of carbonyl (C=O) groups is 3. The summed E-state index contributed by atoms with van der Waals surface area (Å²) in [6, 6.07) is 16.3. The van der Waals surface area contributed by atoms with Crippen LogP contribution < -0.4 is 25.0 Å². The third kappa shape index (κ3) is 6.08. The molecule has 3 amide bonds. The van der Waals surface area contributed by atoms with Crippen LogP contribution in [0, 0.1) is 0 Å². The summed E-state index contributed by atoms with van der Waals surface area (Å²) in [6.45, 7) is -0.388. The van der Waals surface area contributed by atoms with Crippen molar-refractivity contribution in [1.29, 1.82) is 0 Å². The summed E-state index contributed by atoms with van der Waals surface area (Å²) in [6.07, 6.45) is 1.37. The minimum atomic E-state index is -0.651. The summed E-state index contributed by atoms with van der Waals surface area (Å²) in [5.41, 5.74) is 1.17. The van der Waals surface area contributed by atoms with Gasteiger partial charge in [0.1, 0.15) is 5.57 Å². The van der Waals surface area contributed by atoms with Crippen molar-refractivity contribution < 1.29 is 23.9 Å². The van der Waals surface area contributed by atoms with Gasteiger partial charge in [-0.1, -0.05) is 53.0 Å². The van der Waals surface area contributed by atoms with E-state index in [1.54, 1.807) is 42.5 Å². The molecule has 1 saturated heterocycles. The number of nitrogens with one attached hydrogen (secondary N) is 2. The maximum Gasteiger partial charge on any atom is 0.270 e. The van der Waals surface area contributed by atoms with E-state index in [2.05, 4.69) is 10.6 Å². The first kappa shape index (κ1) is 27.4. The molecule has 0 atom stereocenters. The molecule has 0 unspecified atom stereocenters. The zero-order valence-corrected chi connectivity index (χ0v) is 22.7. The highest BCUT2D eigenvalue weighted by atomic mass is 35.5. The van der Waals surface area contributed by atoms with E-state index < -0.39 is 17.7 Å². The van der Waals surface area contributed by atoms with Crippen molar-refractivity contribution in [2.24, 2.45) is 0 Å². The molecule has 0 aromatic heterocycles. The van der Waals surface area contributed by atoms with Gasteiger partial charge in [0.25, 0.3) is 17.7 Å². The molecule has 4 rings (SSSR count). The molecule has 3 aromatic carbocycles. The molecule has 0 saturated carbocycles. The average Bonchev–Trinajstić information content (AvgIpc) is 2.88. The molecule has 0 aliphatic carbocycles. The molecule has 38 heavy (non-hydrogen) atoms. The van der Waals surface area contributed by atoms with Gasteiger partial charge in [0.2, 0.25) is 0 Å². The van der Waals surface area contributed by atoms with Crippen molar-refractivity contribution >= 4 is 87.3 Å². The number of carbonyl (C=O) groups excluding carboxylic acids is 3. The van der Waals surface area contributed by atoms with Crippen LogP contribution in [0.4, 0.5) is 11.4 Å². The Labute approximate surface area is 238 Å². The van der Waals surface area contributed by atoms with Gasteiger partial charge in [-0.3, -0.25) is 24.6 Å². The molecule has 2 N–H and O–H groups in total. The number of anilines is 2. The predicted octanol–water partition coefficient (Wildman–Crippen LogP) is 5.50. The molecule has 1 aliphatic rings. The van der Waals surface area contributed by atoms with Gasteiger partial charge in [-0.25, -0.2) is 0 Å². The van der Waals surface area contributed by atoms with Gasteiger partial charge in [-0.15, -0.1) is 0 Å². The first-order valence-corrected chi connectivity index (χ1v) is 12.4. The van der Waals surface area contributed by atoms with Crippen LogP contribution in [-0.4, -0.2) is 36.6 Å². The zero-order chi connectivity index (χ0) is 27.4. The van der Waals surface area contributed by atoms with Crippen LogP contribution in [0.25, 0.3) is 6.08 Å². The van der Waals surface area contributed by atoms with Crippen molar-refractivity contribution in [2.75, 3.05) is 23.9 Å². The predicted molar refractivity (Wildman–Crippen MR) is 151 cm³/mol. The molecule has 3 aromatic rings. The number of hydrogen-bond acceptors (Lipinski definition) is 6. The number of halogens is 3. The number of hydrogen-bond donors (Lipinski definition) is 2. The van der Waals surface area contributed by atoms with Gasteiger partial charge >= 0.3 is 0 Å². The Morgan fingerprint density at radius 3 is 2.45 bits per heavy atom. The summed E-state index contributed by atoms with van der Waals surface area (Å²) < 4.78 is 11.0. The van der Waals surface area contributed by atoms with Gasteiger partial charge in [0.05, 0.1) is 27.9 Å². The second-order valence-electron chi connectivity index (χ2n) is 7.79. The van der Waals surface area contributed by atoms with Gasteiger partial charge < -0.3 is 14.8 Å². The quantitative estimate of drug-likeness (QED) is 0.214. The molecule has 0 radical (unpaired) electrons. The van der Waals surface area contributed by atoms with E-state index in [-0.39, 0.29) is 33.8 Å². The summed E-state index contributed by atoms with van der Waals surface area (Å²) in [4.78, 5) is 39.4. The normalized spacial score (nSPS) is 14.4. The van der Waals surface area contributed by atoms with Gasteiger partial charge in [0.15, 0.2) is 23.2 Å². The zero-order valence-electron chi connectivity index (χ0n) is 19.6. The summed E-state index contributed by atoms with van der Waals surface area (Å²) in [5, 5.41) is 5.88. The summed E-state index contributed by atoms with van der Waals surface area (Å²) in [5.74, 6) is -1.44. The molecule has 0 spiro atoms. The number of nitrogens with zero attached hydrogens (tertiary/aromatic N) is 1. The third-order valence-corrected chi connectivity index (χ3v) is 6.53. The van der Waals surface area contributed by atoms with Crippen LogP contribution in [0.2, 0.25) is 15.1 Å². The van der Waals surface area contributed by atoms with Crippen LogP contribution in [-0.2, 0) is 14.4 Å². The second kappa shape index (κ2) is 11.8. The van der Waals surface area contributed by atoms with Crippen molar-refractivity contribution in [3.05, 3.63) is 86.9 Å². The highest BCUT2D eigenvalue weighted by molar-refractivity contribution is 7.80. The lowest BCUT2D eigenvalue weighted by atomic mass is 10.1. The molecule has 194 valence electrons. The van der Waals surface area contributed by atoms with Crippen molar-refractivity contribution in [3.8, 4) is 11.5 Å². The third-order valence-electron chi connectivity index (χ3n) is 5.23. The van der Waals surface area contributed by atoms with Crippen LogP contribution >= 0.6 is 47.0 Å². The molecule has 8 nitrogen and oxygen atoms in total. The van der Waals surface area contributed by atoms with Gasteiger partial charge in [0, 0.05) is 5.69 Å². The highest BCUT2D eigenvalue weighted by Crippen LogP contribution is 2.37. The van der Waals surface area contributed by atoms with Gasteiger partial charge in [-0.2, -0.15) is 0 Å². The first-order valence-electron chi connectivity index (χ1n) is 10.9. The Kier molecular flexibility index (Phi) is 8.53. The number of rotatable bonds is 7. The number of para-hydroxylation sites is 1. The van der Waals surface area contributed by atoms with E-state index in [1.807, 2.05) is 0 Å². The smallest absolute Gasteiger partial charge is 0.270 e. The SMILES string of the molecule is COc1cc(/C=C2/C(=O)NC(=S)N(c3ccccc3)C2=O)cc(Cl)c1OCC(=O)Nc1ccc(Cl)c(Cl)c1. The van der Waals surface area contributed by atoms with E-state index in [4.69, 9.17) is 56.5 Å². The molecule has 12 heteroatoms. The fraction of sp³-hybridized carbons (Fsp3) is 0.0769. The van der Waals surface area contributed by atoms with E-state index in [1.165, 1.54) is 36.3 Å². The number of methoxy groups -OCH3 is 1. The maximum atomic E-state index is 13.2. The fourth-order valence-corrected chi connectivity index (χ4v) is 4.36. The van der Waals surface area contributed by atoms with Gasteiger partial charge in [-0.05, 0) is 66.3 Å². The largest absolute Gasteiger partial charge is 0.493 e. The maximum absolute atomic E-state index is 13.2. The average molecular weight is 591 g/mol. The standard InChI is InChI=1S/C26H18Cl3N3O5S/c1-36-21-11-14(9-17-24(34)31-26(38)32(25(17)35)16-5-3-2-4-6-16)10-20(29)23(21)37-13-22(33)30-15-7-8-18(27)19(28)12-15/h2-12H,13H2,1H3,(H,30,33)(H,31,34,38)/b17-9-. The fourth-order valence-electron chi connectivity index (χ4n) is 3.51. The van der Waals surface area contributed by atoms with E-state index >= 15 is 0 Å². The number of amides is 3. The summed E-state index contributed by atoms with van der Waals surface area (Å²) in [7, 11) is 1.39. The molecule has 1 aliphatic heterocycles. The van der Waals surface area contributed by atoms with Crippen LogP contribution in [0.5, 0.6) is 11.5 Å². The summed E-state index contributed by atoms with van der Waals surface area (Å²) >= 11 is 23.5. The van der Waals surface area contributed by atoms with Crippen LogP contribution in [0.1, 0.15) is 5.56 Å². The topological polar surface area (TPSA) is 97.0 Å².